The lowest BCUT2D eigenvalue weighted by Crippen LogP contribution is -2.45. The second kappa shape index (κ2) is 19.3. The smallest absolute Gasteiger partial charge is 0.537 e. The van der Waals surface area contributed by atoms with Crippen LogP contribution in [-0.4, -0.2) is 95.3 Å². The van der Waals surface area contributed by atoms with E-state index in [1.165, 1.54) is 26.4 Å². The van der Waals surface area contributed by atoms with Crippen molar-refractivity contribution in [1.82, 2.24) is 29.4 Å². The average molecular weight is 859 g/mol. The highest BCUT2D eigenvalue weighted by Gasteiger charge is 2.20. The van der Waals surface area contributed by atoms with Crippen molar-refractivity contribution in [3.8, 4) is 51.4 Å². The highest BCUT2D eigenvalue weighted by molar-refractivity contribution is 9.10. The van der Waals surface area contributed by atoms with Crippen molar-refractivity contribution < 1.29 is 38.8 Å². The maximum Gasteiger partial charge on any atom is 0.569 e. The Kier molecular flexibility index (Phi) is 14.6. The second-order valence-electron chi connectivity index (χ2n) is 12.3. The Morgan fingerprint density at radius 2 is 1.25 bits per heavy atom. The van der Waals surface area contributed by atoms with E-state index in [-0.39, 0.29) is 40.5 Å². The molecule has 291 valence electrons. The molecular formula is C37H41BBrCl2N6O8. The molecule has 0 saturated carbocycles. The summed E-state index contributed by atoms with van der Waals surface area (Å²) in [4.78, 5) is 8.32. The number of halogens is 3. The zero-order valence-electron chi connectivity index (χ0n) is 29.2. The molecule has 2 aliphatic heterocycles. The van der Waals surface area contributed by atoms with Gasteiger partial charge in [0, 0.05) is 72.6 Å². The van der Waals surface area contributed by atoms with Crippen LogP contribution in [-0.2, 0) is 0 Å². The Morgan fingerprint density at radius 1 is 0.745 bits per heavy atom. The Labute approximate surface area is 337 Å². The van der Waals surface area contributed by atoms with Gasteiger partial charge in [-0.3, -0.25) is 0 Å². The summed E-state index contributed by atoms with van der Waals surface area (Å²) in [6.45, 7) is 5.52. The molecule has 0 spiro atoms. The number of benzene rings is 2. The second-order valence-corrected chi connectivity index (χ2v) is 14.1. The number of imidazole rings is 2. The number of hydrogen-bond acceptors (Lipinski definition) is 12. The molecular weight excluding hydrogens is 818 g/mol. The number of rotatable bonds is 11. The fourth-order valence-electron chi connectivity index (χ4n) is 5.44. The van der Waals surface area contributed by atoms with Crippen molar-refractivity contribution in [2.45, 2.75) is 7.43 Å². The van der Waals surface area contributed by atoms with E-state index in [1.807, 2.05) is 39.5 Å². The number of methoxy groups -OCH3 is 2. The number of nitrogens with zero attached hydrogens (tertiary/aromatic N) is 4. The van der Waals surface area contributed by atoms with E-state index in [2.05, 4.69) is 41.2 Å². The van der Waals surface area contributed by atoms with E-state index in [0.717, 1.165) is 70.9 Å². The minimum atomic E-state index is -0.158. The van der Waals surface area contributed by atoms with E-state index in [0.29, 0.717) is 31.9 Å². The van der Waals surface area contributed by atoms with Gasteiger partial charge in [0.25, 0.3) is 0 Å². The highest BCUT2D eigenvalue weighted by atomic mass is 79.9. The summed E-state index contributed by atoms with van der Waals surface area (Å²) in [5, 5.41) is 34.4. The van der Waals surface area contributed by atoms with Crippen LogP contribution < -0.4 is 34.2 Å². The molecule has 1 radical (unpaired) electrons. The summed E-state index contributed by atoms with van der Waals surface area (Å²) in [6, 6.07) is 10.2. The van der Waals surface area contributed by atoms with Crippen molar-refractivity contribution in [3.05, 3.63) is 88.4 Å². The molecule has 4 aromatic heterocycles. The zero-order valence-corrected chi connectivity index (χ0v) is 32.3. The van der Waals surface area contributed by atoms with Crippen LogP contribution in [0.15, 0.2) is 78.3 Å². The standard InChI is InChI=1S/C18H18ClN3O3.C11H12BrN3O.C7H7BClO4.CH4/c1-24-17-3-12(2-14(19)18(17)23)13-4-16(25-9-11-5-20-6-11)15-7-21-10-22(15)8-13;12-9-1-11(16-6-8-2-13-3-8)10-4-14-7-15(10)5-9;1-12-6-3-4(13-8-11)2-5(9)7(6)10;/h2-4,7-8,10-11,20,23H,5-6,9H2,1H3;1,4-5,7-8,13H,2-3,6H2;2-3,10-11H,1H3;1H4. The van der Waals surface area contributed by atoms with Crippen LogP contribution in [0.5, 0.6) is 40.2 Å². The molecule has 0 amide bonds. The van der Waals surface area contributed by atoms with E-state index in [9.17, 15) is 10.2 Å². The summed E-state index contributed by atoms with van der Waals surface area (Å²) >= 11 is 15.2. The van der Waals surface area contributed by atoms with E-state index >= 15 is 0 Å². The van der Waals surface area contributed by atoms with Gasteiger partial charge in [-0.15, -0.1) is 0 Å². The minimum Gasteiger partial charge on any atom is -0.537 e. The van der Waals surface area contributed by atoms with Crippen molar-refractivity contribution in [2.24, 2.45) is 11.8 Å². The van der Waals surface area contributed by atoms with Crippen LogP contribution in [0.3, 0.4) is 0 Å². The monoisotopic (exact) mass is 857 g/mol. The first-order valence-corrected chi connectivity index (χ1v) is 18.2. The normalized spacial score (nSPS) is 13.6. The lowest BCUT2D eigenvalue weighted by Gasteiger charge is -2.27. The topological polar surface area (TPSA) is 166 Å². The molecule has 0 unspecified atom stereocenters. The molecule has 6 heterocycles. The third kappa shape index (κ3) is 10.2. The number of ether oxygens (including phenoxy) is 4. The highest BCUT2D eigenvalue weighted by Crippen LogP contribution is 2.40. The van der Waals surface area contributed by atoms with E-state index in [4.69, 9.17) is 47.2 Å². The molecule has 6 aromatic rings. The number of aromatic hydroxyl groups is 2. The van der Waals surface area contributed by atoms with Gasteiger partial charge in [-0.1, -0.05) is 30.6 Å². The maximum atomic E-state index is 9.94. The largest absolute Gasteiger partial charge is 0.569 e. The van der Waals surface area contributed by atoms with Crippen molar-refractivity contribution in [2.75, 3.05) is 53.6 Å². The lowest BCUT2D eigenvalue weighted by atomic mass is 10.1. The average Bonchev–Trinajstić information content (AvgIpc) is 3.80. The summed E-state index contributed by atoms with van der Waals surface area (Å²) in [5.74, 6) is 3.41. The number of hydrogen-bond donors (Lipinski definition) is 5. The van der Waals surface area contributed by atoms with Crippen LogP contribution in [0.4, 0.5) is 0 Å². The lowest BCUT2D eigenvalue weighted by molar-refractivity contribution is 0.200. The molecule has 0 bridgehead atoms. The van der Waals surface area contributed by atoms with Crippen LogP contribution in [0.25, 0.3) is 22.2 Å². The summed E-state index contributed by atoms with van der Waals surface area (Å²) in [6.07, 6.45) is 11.0. The van der Waals surface area contributed by atoms with Gasteiger partial charge in [0.1, 0.15) is 28.3 Å². The third-order valence-electron chi connectivity index (χ3n) is 8.61. The fraction of sp³-hybridized carbons (Fsp3) is 0.297. The van der Waals surface area contributed by atoms with E-state index < -0.39 is 0 Å². The Bertz CT molecular complexity index is 2200. The molecule has 2 aliphatic rings. The SMILES string of the molecule is Brc1cc(OCC2CNC2)c2cncn2c1.C.COc1cc(-c2cc(OCC3CNC3)c3cncn3c2)cc(Cl)c1O.COc1cc(O[B]O)cc(Cl)c1O. The van der Waals surface area contributed by atoms with Crippen LogP contribution in [0.2, 0.25) is 10.0 Å². The van der Waals surface area contributed by atoms with Crippen molar-refractivity contribution in [3.63, 3.8) is 0 Å². The third-order valence-corrected chi connectivity index (χ3v) is 9.62. The quantitative estimate of drug-likeness (QED) is 0.0932. The first-order valence-electron chi connectivity index (χ1n) is 16.7. The fourth-order valence-corrected chi connectivity index (χ4v) is 6.28. The number of nitrogens with one attached hydrogen (secondary N) is 2. The Balaban J connectivity index is 0.000000168. The van der Waals surface area contributed by atoms with Crippen molar-refractivity contribution in [1.29, 1.82) is 0 Å². The van der Waals surface area contributed by atoms with Gasteiger partial charge in [-0.2, -0.15) is 0 Å². The summed E-state index contributed by atoms with van der Waals surface area (Å²) < 4.78 is 31.4. The number of pyridine rings is 2. The van der Waals surface area contributed by atoms with Gasteiger partial charge < -0.3 is 58.3 Å². The van der Waals surface area contributed by atoms with Gasteiger partial charge in [0.2, 0.25) is 0 Å². The first kappa shape index (κ1) is 41.6. The molecule has 5 N–H and O–H groups in total. The maximum absolute atomic E-state index is 9.94. The Hall–Kier alpha value is -4.58. The molecule has 18 heteroatoms. The molecule has 8 rings (SSSR count). The number of fused-ring (bicyclic) bond motifs is 2. The molecule has 55 heavy (non-hydrogen) atoms. The van der Waals surface area contributed by atoms with Crippen molar-refractivity contribution >= 4 is 57.9 Å². The Morgan fingerprint density at radius 3 is 1.78 bits per heavy atom. The molecule has 0 aliphatic carbocycles. The number of aromatic nitrogens is 4. The number of phenolic OH excluding ortho intramolecular Hbond substituents is 2. The van der Waals surface area contributed by atoms with Crippen LogP contribution in [0, 0.1) is 11.8 Å². The van der Waals surface area contributed by atoms with Gasteiger partial charge in [-0.25, -0.2) is 9.97 Å². The van der Waals surface area contributed by atoms with Crippen LogP contribution >= 0.6 is 39.1 Å². The van der Waals surface area contributed by atoms with Gasteiger partial charge in [0.05, 0.1) is 62.5 Å². The minimum absolute atomic E-state index is 0. The molecule has 2 saturated heterocycles. The van der Waals surface area contributed by atoms with Gasteiger partial charge in [-0.05, 0) is 45.8 Å². The first-order chi connectivity index (χ1) is 26.2. The zero-order chi connectivity index (χ0) is 38.2. The van der Waals surface area contributed by atoms with Crippen LogP contribution in [0.1, 0.15) is 7.43 Å². The predicted molar refractivity (Wildman–Crippen MR) is 215 cm³/mol. The van der Waals surface area contributed by atoms with Gasteiger partial charge in [0.15, 0.2) is 23.0 Å². The molecule has 0 atom stereocenters. The van der Waals surface area contributed by atoms with E-state index in [1.54, 1.807) is 31.0 Å². The number of phenols is 2. The predicted octanol–water partition coefficient (Wildman–Crippen LogP) is 6.26. The summed E-state index contributed by atoms with van der Waals surface area (Å²) in [7, 11) is 3.40. The summed E-state index contributed by atoms with van der Waals surface area (Å²) in [5.41, 5.74) is 3.64. The van der Waals surface area contributed by atoms with Gasteiger partial charge >= 0.3 is 7.69 Å². The molecule has 2 aromatic carbocycles. The molecule has 14 nitrogen and oxygen atoms in total. The molecule has 2 fully saturated rings.